The summed E-state index contributed by atoms with van der Waals surface area (Å²) in [6.07, 6.45) is -8.22. The molecule has 8 aromatic rings. The number of halogens is 8. The Kier molecular flexibility index (Phi) is 23.0. The third kappa shape index (κ3) is 19.9. The highest BCUT2D eigenvalue weighted by Crippen LogP contribution is 2.26. The average Bonchev–Trinajstić information content (AvgIpc) is 2.40. The van der Waals surface area contributed by atoms with Gasteiger partial charge in [0.15, 0.2) is 0 Å². The Morgan fingerprint density at radius 3 is 1.11 bits per heavy atom. The minimum Gasteiger partial charge on any atom is -0.475 e. The quantitative estimate of drug-likeness (QED) is 0.0230. The number of amides is 2. The number of aliphatic carboxylic acids is 2. The van der Waals surface area contributed by atoms with E-state index in [0.29, 0.717) is 59.5 Å². The van der Waals surface area contributed by atoms with Crippen LogP contribution in [0.25, 0.3) is 21.8 Å². The van der Waals surface area contributed by atoms with Crippen molar-refractivity contribution in [3.05, 3.63) is 213 Å². The fourth-order valence-electron chi connectivity index (χ4n) is 8.14. The lowest BCUT2D eigenvalue weighted by Gasteiger charge is -2.13. The van der Waals surface area contributed by atoms with Gasteiger partial charge in [-0.3, -0.25) is 20.4 Å². The summed E-state index contributed by atoms with van der Waals surface area (Å²) in [6.45, 7) is 3.53. The number of nitrogens with one attached hydrogen (secondary N) is 4. The number of benzene rings is 6. The fraction of sp³-hybridized carbons (Fsp3) is 0.233. The second-order valence-electron chi connectivity index (χ2n) is 19.6. The molecule has 2 amide bonds. The highest BCUT2D eigenvalue weighted by Gasteiger charge is 2.39. The number of hydrogen-bond donors (Lipinski definition) is 8. The molecular formula is C60H62F8N10O6. The molecule has 0 atom stereocenters. The topological polar surface area (TPSA) is 249 Å². The normalized spacial score (nSPS) is 11.2. The van der Waals surface area contributed by atoms with Gasteiger partial charge in [0.2, 0.25) is 0 Å². The summed E-state index contributed by atoms with van der Waals surface area (Å²) in [5, 5.41) is 37.0. The first kappa shape index (κ1) is 65.4. The molecule has 0 spiro atoms. The molecule has 24 heteroatoms. The molecule has 10 N–H and O–H groups in total. The van der Waals surface area contributed by atoms with Crippen LogP contribution in [-0.2, 0) is 48.6 Å². The van der Waals surface area contributed by atoms with Crippen LogP contribution in [-0.4, -0.2) is 118 Å². The third-order valence-corrected chi connectivity index (χ3v) is 12.5. The molecule has 6 aromatic carbocycles. The average molecular weight is 1170 g/mol. The molecule has 8 rings (SSSR count). The molecule has 84 heavy (non-hydrogen) atoms. The maximum atomic E-state index is 13.9. The molecule has 2 aromatic heterocycles. The van der Waals surface area contributed by atoms with Crippen LogP contribution in [0.5, 0.6) is 0 Å². The van der Waals surface area contributed by atoms with Crippen molar-refractivity contribution in [2.45, 2.75) is 51.4 Å². The van der Waals surface area contributed by atoms with Crippen LogP contribution in [0.1, 0.15) is 65.5 Å². The van der Waals surface area contributed by atoms with Gasteiger partial charge < -0.3 is 51.2 Å². The van der Waals surface area contributed by atoms with Crippen LogP contribution in [0, 0.1) is 22.5 Å². The van der Waals surface area contributed by atoms with E-state index >= 15 is 0 Å². The number of amidine groups is 2. The summed E-state index contributed by atoms with van der Waals surface area (Å²) in [6, 6.07) is 43.6. The first-order chi connectivity index (χ1) is 39.5. The minimum atomic E-state index is -5.08. The maximum Gasteiger partial charge on any atom is 0.490 e. The second-order valence-corrected chi connectivity index (χ2v) is 19.6. The van der Waals surface area contributed by atoms with Crippen LogP contribution in [0.15, 0.2) is 146 Å². The monoisotopic (exact) mass is 1170 g/mol. The van der Waals surface area contributed by atoms with Gasteiger partial charge in [-0.2, -0.15) is 26.3 Å². The Balaban J connectivity index is 0.000000250. The highest BCUT2D eigenvalue weighted by atomic mass is 19.4. The largest absolute Gasteiger partial charge is 0.490 e. The summed E-state index contributed by atoms with van der Waals surface area (Å²) in [7, 11) is 8.21. The van der Waals surface area contributed by atoms with Crippen molar-refractivity contribution >= 4 is 57.2 Å². The Morgan fingerprint density at radius 1 is 0.488 bits per heavy atom. The van der Waals surface area contributed by atoms with Crippen molar-refractivity contribution < 1.29 is 64.5 Å². The summed E-state index contributed by atoms with van der Waals surface area (Å²) < 4.78 is 95.0. The summed E-state index contributed by atoms with van der Waals surface area (Å²) in [5.41, 5.74) is 21.2. The number of carboxylic acid groups (broad SMARTS) is 2. The standard InChI is InChI=1S/2C28H30FN5O.2C2HF3O2/c2*1-33(2)13-12-19-6-8-20(9-7-19)17-32-28(35)26-16-23-15-24(29)10-11-25(23)34(26)18-21-4-3-5-22(14-21)27(30)31;2*3-2(4,5)1(6)7/h2*3-11,14-16H,12-13,17-18H2,1-2H3,(H3,30,31)(H,32,35);2*(H,6,7). The molecule has 0 unspecified atom stereocenters. The molecule has 0 aliphatic rings. The summed E-state index contributed by atoms with van der Waals surface area (Å²) in [4.78, 5) is 48.5. The summed E-state index contributed by atoms with van der Waals surface area (Å²) >= 11 is 0. The van der Waals surface area contributed by atoms with Crippen LogP contribution < -0.4 is 22.1 Å². The number of likely N-dealkylation sites (N-methyl/N-ethyl adjacent to an activating group) is 2. The number of nitrogens with two attached hydrogens (primary N) is 2. The number of carboxylic acids is 2. The van der Waals surface area contributed by atoms with Gasteiger partial charge in [0.25, 0.3) is 11.8 Å². The van der Waals surface area contributed by atoms with E-state index in [0.717, 1.165) is 59.2 Å². The fourth-order valence-corrected chi connectivity index (χ4v) is 8.14. The lowest BCUT2D eigenvalue weighted by Crippen LogP contribution is -2.25. The molecule has 2 heterocycles. The third-order valence-electron chi connectivity index (χ3n) is 12.5. The minimum absolute atomic E-state index is 0.0167. The van der Waals surface area contributed by atoms with Gasteiger partial charge in [-0.15, -0.1) is 0 Å². The molecule has 0 saturated heterocycles. The Hall–Kier alpha value is -9.42. The molecule has 0 radical (unpaired) electrons. The molecule has 444 valence electrons. The first-order valence-corrected chi connectivity index (χ1v) is 25.5. The molecule has 0 aliphatic carbocycles. The zero-order valence-corrected chi connectivity index (χ0v) is 46.0. The van der Waals surface area contributed by atoms with Crippen molar-refractivity contribution in [2.24, 2.45) is 11.5 Å². The highest BCUT2D eigenvalue weighted by molar-refractivity contribution is 6.00. The maximum absolute atomic E-state index is 13.9. The van der Waals surface area contributed by atoms with Gasteiger partial charge in [0.1, 0.15) is 34.7 Å². The van der Waals surface area contributed by atoms with Crippen LogP contribution >= 0.6 is 0 Å². The van der Waals surface area contributed by atoms with E-state index in [9.17, 15) is 44.7 Å². The SMILES string of the molecule is CN(C)CCc1ccc(CNC(=O)c2cc3cc(F)ccc3n2Cc2cccc(C(=N)N)c2)cc1.CN(C)CCc1ccc(CNC(=O)c2cc3cc(F)ccc3n2Cc2cccc(C(=N)N)c2)cc1.O=C(O)C(F)(F)F.O=C(O)C(F)(F)F. The second kappa shape index (κ2) is 29.5. The van der Waals surface area contributed by atoms with E-state index in [2.05, 4.69) is 72.9 Å². The van der Waals surface area contributed by atoms with Gasteiger partial charge >= 0.3 is 24.3 Å². The number of nitrogens with zero attached hydrogens (tertiary/aromatic N) is 4. The first-order valence-electron chi connectivity index (χ1n) is 25.5. The number of aromatic nitrogens is 2. The molecule has 0 aliphatic heterocycles. The molecule has 16 nitrogen and oxygen atoms in total. The van der Waals surface area contributed by atoms with E-state index < -0.39 is 24.3 Å². The van der Waals surface area contributed by atoms with E-state index in [4.69, 9.17) is 42.1 Å². The smallest absolute Gasteiger partial charge is 0.475 e. The molecule has 0 saturated carbocycles. The van der Waals surface area contributed by atoms with Gasteiger partial charge in [-0.25, -0.2) is 18.4 Å². The van der Waals surface area contributed by atoms with Crippen LogP contribution in [0.2, 0.25) is 0 Å². The van der Waals surface area contributed by atoms with Crippen LogP contribution in [0.4, 0.5) is 35.1 Å². The summed E-state index contributed by atoms with van der Waals surface area (Å²) in [5.74, 6) is -6.72. The number of hydrogen-bond acceptors (Lipinski definition) is 8. The van der Waals surface area contributed by atoms with E-state index in [1.165, 1.54) is 35.4 Å². The van der Waals surface area contributed by atoms with E-state index in [-0.39, 0.29) is 35.1 Å². The number of alkyl halides is 6. The van der Waals surface area contributed by atoms with E-state index in [1.54, 1.807) is 36.4 Å². The van der Waals surface area contributed by atoms with Gasteiger partial charge in [-0.1, -0.05) is 84.9 Å². The van der Waals surface area contributed by atoms with Crippen LogP contribution in [0.3, 0.4) is 0 Å². The number of rotatable bonds is 18. The van der Waals surface area contributed by atoms with Gasteiger partial charge in [-0.05, 0) is 135 Å². The molecule has 0 fully saturated rings. The van der Waals surface area contributed by atoms with Crippen molar-refractivity contribution in [1.29, 1.82) is 10.8 Å². The van der Waals surface area contributed by atoms with Gasteiger partial charge in [0, 0.05) is 72.2 Å². The Bertz CT molecular complexity index is 3360. The zero-order chi connectivity index (χ0) is 62.1. The lowest BCUT2D eigenvalue weighted by atomic mass is 10.1. The van der Waals surface area contributed by atoms with Crippen molar-refractivity contribution in [3.8, 4) is 0 Å². The Morgan fingerprint density at radius 2 is 0.810 bits per heavy atom. The molecular weight excluding hydrogens is 1110 g/mol. The number of fused-ring (bicyclic) bond motifs is 2. The van der Waals surface area contributed by atoms with Crippen molar-refractivity contribution in [2.75, 3.05) is 41.3 Å². The van der Waals surface area contributed by atoms with E-state index in [1.807, 2.05) is 69.8 Å². The van der Waals surface area contributed by atoms with Crippen molar-refractivity contribution in [1.82, 2.24) is 29.6 Å². The van der Waals surface area contributed by atoms with Gasteiger partial charge in [0.05, 0.1) is 0 Å². The number of carbonyl (C=O) groups excluding carboxylic acids is 2. The zero-order valence-electron chi connectivity index (χ0n) is 46.0. The lowest BCUT2D eigenvalue weighted by molar-refractivity contribution is -0.193. The van der Waals surface area contributed by atoms with Crippen molar-refractivity contribution in [3.63, 3.8) is 0 Å². The molecule has 0 bridgehead atoms. The number of nitrogen functional groups attached to an aromatic ring is 2. The predicted octanol–water partition coefficient (Wildman–Crippen LogP) is 9.56. The number of carbonyl (C=O) groups is 4. The predicted molar refractivity (Wildman–Crippen MR) is 304 cm³/mol. The Labute approximate surface area is 477 Å².